The summed E-state index contributed by atoms with van der Waals surface area (Å²) in [5.74, 6) is -2.28. The third-order valence-corrected chi connectivity index (χ3v) is 5.46. The quantitative estimate of drug-likeness (QED) is 0.599. The molecule has 0 saturated heterocycles. The standard InChI is InChI=1S/C25H22O4/c26-24(15-18(25(27)28)14-17-8-2-1-3-9-17)29-16-23-21-12-6-4-10-19(21)20-11-5-7-13-22(20)23/h1-13,18,23H,14-16H2,(H,27,28)/t18-/m0/s1. The summed E-state index contributed by atoms with van der Waals surface area (Å²) in [6.45, 7) is 0.213. The zero-order valence-electron chi connectivity index (χ0n) is 16.0. The van der Waals surface area contributed by atoms with Crippen LogP contribution in [0.2, 0.25) is 0 Å². The number of rotatable bonds is 7. The molecule has 1 N–H and O–H groups in total. The molecule has 3 aromatic rings. The molecular formula is C25H22O4. The second kappa shape index (κ2) is 8.31. The van der Waals surface area contributed by atoms with E-state index >= 15 is 0 Å². The monoisotopic (exact) mass is 386 g/mol. The Kier molecular flexibility index (Phi) is 5.43. The topological polar surface area (TPSA) is 63.6 Å². The van der Waals surface area contributed by atoms with Crippen LogP contribution in [-0.2, 0) is 20.7 Å². The fourth-order valence-corrected chi connectivity index (χ4v) is 4.02. The minimum absolute atomic E-state index is 0.0243. The second-order valence-corrected chi connectivity index (χ2v) is 7.34. The van der Waals surface area contributed by atoms with Gasteiger partial charge in [0.1, 0.15) is 6.61 Å². The number of ether oxygens (including phenoxy) is 1. The number of esters is 1. The summed E-state index contributed by atoms with van der Waals surface area (Å²) in [5.41, 5.74) is 5.50. The number of carbonyl (C=O) groups is 2. The number of hydrogen-bond acceptors (Lipinski definition) is 3. The van der Waals surface area contributed by atoms with Crippen LogP contribution < -0.4 is 0 Å². The Hall–Kier alpha value is -3.40. The molecule has 0 spiro atoms. The van der Waals surface area contributed by atoms with Gasteiger partial charge in [0.2, 0.25) is 0 Å². The smallest absolute Gasteiger partial charge is 0.307 e. The molecule has 4 heteroatoms. The molecule has 0 radical (unpaired) electrons. The van der Waals surface area contributed by atoms with Crippen molar-refractivity contribution in [3.8, 4) is 11.1 Å². The zero-order chi connectivity index (χ0) is 20.2. The number of aliphatic carboxylic acids is 1. The number of carboxylic acid groups (broad SMARTS) is 1. The summed E-state index contributed by atoms with van der Waals surface area (Å²) in [5, 5.41) is 9.52. The largest absolute Gasteiger partial charge is 0.481 e. The molecule has 0 amide bonds. The molecule has 1 aliphatic rings. The van der Waals surface area contributed by atoms with Gasteiger partial charge in [0.15, 0.2) is 0 Å². The molecule has 0 bridgehead atoms. The van der Waals surface area contributed by atoms with Crippen LogP contribution >= 0.6 is 0 Å². The number of fused-ring (bicyclic) bond motifs is 3. The van der Waals surface area contributed by atoms with E-state index in [-0.39, 0.29) is 18.9 Å². The Bertz CT molecular complexity index is 980. The predicted octanol–water partition coefficient (Wildman–Crippen LogP) is 4.68. The fourth-order valence-electron chi connectivity index (χ4n) is 4.02. The summed E-state index contributed by atoms with van der Waals surface area (Å²) in [4.78, 5) is 24.1. The van der Waals surface area contributed by atoms with E-state index in [9.17, 15) is 14.7 Å². The van der Waals surface area contributed by atoms with Crippen LogP contribution in [0.25, 0.3) is 11.1 Å². The average molecular weight is 386 g/mol. The molecule has 0 heterocycles. The highest BCUT2D eigenvalue weighted by Crippen LogP contribution is 2.44. The van der Waals surface area contributed by atoms with Gasteiger partial charge in [-0.15, -0.1) is 0 Å². The van der Waals surface area contributed by atoms with E-state index in [4.69, 9.17) is 4.74 Å². The third-order valence-electron chi connectivity index (χ3n) is 5.46. The van der Waals surface area contributed by atoms with Crippen LogP contribution in [0.3, 0.4) is 0 Å². The lowest BCUT2D eigenvalue weighted by molar-refractivity contribution is -0.151. The van der Waals surface area contributed by atoms with Crippen molar-refractivity contribution in [2.24, 2.45) is 5.92 Å². The summed E-state index contributed by atoms with van der Waals surface area (Å²) >= 11 is 0. The van der Waals surface area contributed by atoms with Crippen LogP contribution in [-0.4, -0.2) is 23.7 Å². The number of carbonyl (C=O) groups excluding carboxylic acids is 1. The Morgan fingerprint density at radius 1 is 0.828 bits per heavy atom. The molecule has 0 aliphatic heterocycles. The lowest BCUT2D eigenvalue weighted by Gasteiger charge is -2.16. The highest BCUT2D eigenvalue weighted by Gasteiger charge is 2.30. The lowest BCUT2D eigenvalue weighted by Crippen LogP contribution is -2.22. The van der Waals surface area contributed by atoms with E-state index in [1.54, 1.807) is 0 Å². The van der Waals surface area contributed by atoms with E-state index in [1.807, 2.05) is 54.6 Å². The first-order valence-corrected chi connectivity index (χ1v) is 9.74. The number of hydrogen-bond donors (Lipinski definition) is 1. The molecular weight excluding hydrogens is 364 g/mol. The van der Waals surface area contributed by atoms with Gasteiger partial charge in [-0.05, 0) is 34.2 Å². The molecule has 0 unspecified atom stereocenters. The predicted molar refractivity (Wildman–Crippen MR) is 111 cm³/mol. The first-order chi connectivity index (χ1) is 14.1. The SMILES string of the molecule is O=C(C[C@H](Cc1ccccc1)C(=O)O)OCC1c2ccccc2-c2ccccc21. The van der Waals surface area contributed by atoms with Crippen molar-refractivity contribution in [2.75, 3.05) is 6.61 Å². The Morgan fingerprint density at radius 2 is 1.38 bits per heavy atom. The number of benzene rings is 3. The first-order valence-electron chi connectivity index (χ1n) is 9.74. The van der Waals surface area contributed by atoms with Gasteiger partial charge < -0.3 is 9.84 Å². The van der Waals surface area contributed by atoms with Gasteiger partial charge in [0.25, 0.3) is 0 Å². The molecule has 1 aliphatic carbocycles. The van der Waals surface area contributed by atoms with Gasteiger partial charge >= 0.3 is 11.9 Å². The van der Waals surface area contributed by atoms with Crippen molar-refractivity contribution < 1.29 is 19.4 Å². The molecule has 0 aromatic heterocycles. The Labute approximate surface area is 169 Å². The highest BCUT2D eigenvalue weighted by molar-refractivity contribution is 5.80. The van der Waals surface area contributed by atoms with Gasteiger partial charge in [-0.25, -0.2) is 0 Å². The summed E-state index contributed by atoms with van der Waals surface area (Å²) < 4.78 is 5.56. The maximum atomic E-state index is 12.4. The number of carboxylic acids is 1. The molecule has 0 fully saturated rings. The van der Waals surface area contributed by atoms with Gasteiger partial charge in [-0.2, -0.15) is 0 Å². The van der Waals surface area contributed by atoms with E-state index in [1.165, 1.54) is 0 Å². The molecule has 0 saturated carbocycles. The van der Waals surface area contributed by atoms with Gasteiger partial charge in [-0.3, -0.25) is 9.59 Å². The summed E-state index contributed by atoms with van der Waals surface area (Å²) in [6, 6.07) is 25.6. The molecule has 29 heavy (non-hydrogen) atoms. The van der Waals surface area contributed by atoms with Crippen LogP contribution in [0.15, 0.2) is 78.9 Å². The Morgan fingerprint density at radius 3 is 1.97 bits per heavy atom. The molecule has 146 valence electrons. The van der Waals surface area contributed by atoms with Gasteiger partial charge in [0, 0.05) is 5.92 Å². The minimum Gasteiger partial charge on any atom is -0.481 e. The van der Waals surface area contributed by atoms with E-state index in [0.717, 1.165) is 27.8 Å². The van der Waals surface area contributed by atoms with Gasteiger partial charge in [-0.1, -0.05) is 78.9 Å². The van der Waals surface area contributed by atoms with Crippen molar-refractivity contribution in [2.45, 2.75) is 18.8 Å². The lowest BCUT2D eigenvalue weighted by atomic mass is 9.96. The maximum Gasteiger partial charge on any atom is 0.307 e. The molecule has 1 atom stereocenters. The Balaban J connectivity index is 1.43. The van der Waals surface area contributed by atoms with Gasteiger partial charge in [0.05, 0.1) is 12.3 Å². The first kappa shape index (κ1) is 18.9. The van der Waals surface area contributed by atoms with Crippen molar-refractivity contribution in [3.05, 3.63) is 95.6 Å². The summed E-state index contributed by atoms with van der Waals surface area (Å²) in [6.07, 6.45) is 0.167. The molecule has 4 rings (SSSR count). The van der Waals surface area contributed by atoms with E-state index in [0.29, 0.717) is 6.42 Å². The van der Waals surface area contributed by atoms with E-state index in [2.05, 4.69) is 24.3 Å². The normalized spacial score (nSPS) is 13.4. The van der Waals surface area contributed by atoms with Crippen LogP contribution in [0.4, 0.5) is 0 Å². The second-order valence-electron chi connectivity index (χ2n) is 7.34. The molecule has 4 nitrogen and oxygen atoms in total. The van der Waals surface area contributed by atoms with Crippen molar-refractivity contribution in [1.29, 1.82) is 0 Å². The van der Waals surface area contributed by atoms with Crippen molar-refractivity contribution in [3.63, 3.8) is 0 Å². The fraction of sp³-hybridized carbons (Fsp3) is 0.200. The third kappa shape index (κ3) is 4.06. The van der Waals surface area contributed by atoms with E-state index < -0.39 is 17.9 Å². The minimum atomic E-state index is -0.984. The zero-order valence-corrected chi connectivity index (χ0v) is 16.0. The van der Waals surface area contributed by atoms with Crippen LogP contribution in [0.5, 0.6) is 0 Å². The van der Waals surface area contributed by atoms with Crippen molar-refractivity contribution in [1.82, 2.24) is 0 Å². The molecule has 3 aromatic carbocycles. The van der Waals surface area contributed by atoms with Crippen LogP contribution in [0.1, 0.15) is 29.0 Å². The average Bonchev–Trinajstić information content (AvgIpc) is 3.06. The van der Waals surface area contributed by atoms with Crippen LogP contribution in [0, 0.1) is 5.92 Å². The highest BCUT2D eigenvalue weighted by atomic mass is 16.5. The summed E-state index contributed by atoms with van der Waals surface area (Å²) in [7, 11) is 0. The maximum absolute atomic E-state index is 12.4. The van der Waals surface area contributed by atoms with Crippen molar-refractivity contribution >= 4 is 11.9 Å².